The fourth-order valence-electron chi connectivity index (χ4n) is 4.17. The zero-order chi connectivity index (χ0) is 22.0. The van der Waals surface area contributed by atoms with E-state index in [1.807, 2.05) is 42.2 Å². The van der Waals surface area contributed by atoms with Crippen molar-refractivity contribution in [3.63, 3.8) is 0 Å². The van der Waals surface area contributed by atoms with Gasteiger partial charge in [0.1, 0.15) is 11.4 Å². The Kier molecular flexibility index (Phi) is 6.06. The normalized spacial score (nSPS) is 17.6. The van der Waals surface area contributed by atoms with Crippen LogP contribution in [0.25, 0.3) is 5.57 Å². The average molecular weight is 421 g/mol. The number of nitrogens with zero attached hydrogens (tertiary/aromatic N) is 3. The van der Waals surface area contributed by atoms with Crippen LogP contribution in [0.5, 0.6) is 5.75 Å². The van der Waals surface area contributed by atoms with E-state index in [1.54, 1.807) is 25.3 Å². The lowest BCUT2D eigenvalue weighted by Gasteiger charge is -2.36. The van der Waals surface area contributed by atoms with E-state index in [0.717, 1.165) is 18.7 Å². The van der Waals surface area contributed by atoms with Crippen LogP contribution in [0, 0.1) is 6.92 Å². The number of methoxy groups -OCH3 is 1. The molecule has 1 N–H and O–H groups in total. The second-order valence-corrected chi connectivity index (χ2v) is 7.76. The number of anilines is 1. The molecule has 0 aliphatic carbocycles. The lowest BCUT2D eigenvalue weighted by molar-refractivity contribution is -0.120. The Morgan fingerprint density at radius 3 is 2.26 bits per heavy atom. The number of carbonyl (C=O) groups is 2. The van der Waals surface area contributed by atoms with Crippen molar-refractivity contribution in [3.05, 3.63) is 65.4 Å². The number of para-hydroxylation sites is 1. The van der Waals surface area contributed by atoms with E-state index >= 15 is 0 Å². The van der Waals surface area contributed by atoms with Crippen molar-refractivity contribution in [2.45, 2.75) is 6.92 Å². The Bertz CT molecular complexity index is 1010. The molecule has 2 amide bonds. The summed E-state index contributed by atoms with van der Waals surface area (Å²) in [5.74, 6) is -0.0997. The molecule has 0 radical (unpaired) electrons. The first-order valence-corrected chi connectivity index (χ1v) is 10.5. The maximum absolute atomic E-state index is 13.6. The molecule has 162 valence electrons. The van der Waals surface area contributed by atoms with Gasteiger partial charge in [-0.05, 0) is 25.1 Å². The van der Waals surface area contributed by atoms with Gasteiger partial charge in [0.25, 0.3) is 11.8 Å². The molecule has 7 nitrogen and oxygen atoms in total. The molecule has 2 aromatic carbocycles. The minimum Gasteiger partial charge on any atom is -0.496 e. The number of aliphatic hydroxyl groups is 1. The first kappa shape index (κ1) is 21.1. The number of aliphatic hydroxyl groups excluding tert-OH is 1. The van der Waals surface area contributed by atoms with Gasteiger partial charge in [-0.25, -0.2) is 4.90 Å². The van der Waals surface area contributed by atoms with Gasteiger partial charge in [0.05, 0.1) is 25.0 Å². The number of ether oxygens (including phenoxy) is 1. The molecule has 1 saturated heterocycles. The highest BCUT2D eigenvalue weighted by Gasteiger charge is 2.43. The standard InChI is InChI=1S/C24H27N3O4/c1-17-7-9-18(10-8-17)27-23(29)21(19-5-3-4-6-20(19)31-2)22(24(27)30)26-13-11-25(12-14-26)15-16-28/h3-10,28H,11-16H2,1-2H3. The molecule has 1 fully saturated rings. The Hall–Kier alpha value is -3.16. The number of benzene rings is 2. The number of carbonyl (C=O) groups excluding carboxylic acids is 2. The molecule has 2 aromatic rings. The van der Waals surface area contributed by atoms with Crippen LogP contribution in [0.4, 0.5) is 5.69 Å². The predicted molar refractivity (Wildman–Crippen MR) is 119 cm³/mol. The molecular weight excluding hydrogens is 394 g/mol. The van der Waals surface area contributed by atoms with Crippen LogP contribution < -0.4 is 9.64 Å². The summed E-state index contributed by atoms with van der Waals surface area (Å²) >= 11 is 0. The molecule has 2 aliphatic rings. The van der Waals surface area contributed by atoms with E-state index in [0.29, 0.717) is 47.9 Å². The van der Waals surface area contributed by atoms with Crippen molar-refractivity contribution in [2.75, 3.05) is 51.3 Å². The maximum atomic E-state index is 13.6. The zero-order valence-electron chi connectivity index (χ0n) is 17.9. The largest absolute Gasteiger partial charge is 0.496 e. The maximum Gasteiger partial charge on any atom is 0.282 e. The minimum absolute atomic E-state index is 0.105. The highest BCUT2D eigenvalue weighted by Crippen LogP contribution is 2.38. The van der Waals surface area contributed by atoms with Gasteiger partial charge in [-0.3, -0.25) is 14.5 Å². The summed E-state index contributed by atoms with van der Waals surface area (Å²) in [5, 5.41) is 9.22. The van der Waals surface area contributed by atoms with Gasteiger partial charge in [0.15, 0.2) is 0 Å². The van der Waals surface area contributed by atoms with Gasteiger partial charge in [0.2, 0.25) is 0 Å². The van der Waals surface area contributed by atoms with Crippen molar-refractivity contribution in [2.24, 2.45) is 0 Å². The summed E-state index contributed by atoms with van der Waals surface area (Å²) in [6.07, 6.45) is 0. The first-order chi connectivity index (χ1) is 15.0. The van der Waals surface area contributed by atoms with Gasteiger partial charge >= 0.3 is 0 Å². The van der Waals surface area contributed by atoms with Crippen LogP contribution >= 0.6 is 0 Å². The molecule has 31 heavy (non-hydrogen) atoms. The Labute approximate surface area is 182 Å². The number of hydrogen-bond acceptors (Lipinski definition) is 6. The Morgan fingerprint density at radius 2 is 1.61 bits per heavy atom. The molecule has 2 aliphatic heterocycles. The van der Waals surface area contributed by atoms with Gasteiger partial charge < -0.3 is 14.7 Å². The second kappa shape index (κ2) is 8.91. The molecule has 0 aromatic heterocycles. The SMILES string of the molecule is COc1ccccc1C1=C(N2CCN(CCO)CC2)C(=O)N(c2ccc(C)cc2)C1=O. The Balaban J connectivity index is 1.77. The number of amides is 2. The van der Waals surface area contributed by atoms with Crippen molar-refractivity contribution < 1.29 is 19.4 Å². The van der Waals surface area contributed by atoms with Crippen LogP contribution in [0.1, 0.15) is 11.1 Å². The smallest absolute Gasteiger partial charge is 0.282 e. The highest BCUT2D eigenvalue weighted by atomic mass is 16.5. The molecule has 0 spiro atoms. The number of β-amino-alcohol motifs (C(OH)–C–C–N with tert-alkyl or cyclic N) is 1. The molecule has 2 heterocycles. The molecule has 0 atom stereocenters. The lowest BCUT2D eigenvalue weighted by atomic mass is 10.0. The van der Waals surface area contributed by atoms with Gasteiger partial charge in [-0.2, -0.15) is 0 Å². The third kappa shape index (κ3) is 3.94. The summed E-state index contributed by atoms with van der Waals surface area (Å²) in [5.41, 5.74) is 3.02. The minimum atomic E-state index is -0.342. The number of imide groups is 1. The molecule has 0 bridgehead atoms. The molecular formula is C24H27N3O4. The summed E-state index contributed by atoms with van der Waals surface area (Å²) in [7, 11) is 1.56. The van der Waals surface area contributed by atoms with Crippen molar-refractivity contribution in [1.82, 2.24) is 9.80 Å². The fraction of sp³-hybridized carbons (Fsp3) is 0.333. The number of aryl methyl sites for hydroxylation is 1. The lowest BCUT2D eigenvalue weighted by Crippen LogP contribution is -2.48. The van der Waals surface area contributed by atoms with E-state index in [9.17, 15) is 14.7 Å². The molecule has 0 unspecified atom stereocenters. The summed E-state index contributed by atoms with van der Waals surface area (Å²) in [4.78, 5) is 32.6. The monoisotopic (exact) mass is 421 g/mol. The van der Waals surface area contributed by atoms with Crippen LogP contribution in [0.3, 0.4) is 0 Å². The van der Waals surface area contributed by atoms with Crippen molar-refractivity contribution >= 4 is 23.1 Å². The fourth-order valence-corrected chi connectivity index (χ4v) is 4.17. The average Bonchev–Trinajstić information content (AvgIpc) is 3.05. The van der Waals surface area contributed by atoms with Crippen molar-refractivity contribution in [1.29, 1.82) is 0 Å². The second-order valence-electron chi connectivity index (χ2n) is 7.76. The van der Waals surface area contributed by atoms with E-state index in [4.69, 9.17) is 4.74 Å². The van der Waals surface area contributed by atoms with Gasteiger partial charge in [-0.15, -0.1) is 0 Å². The highest BCUT2D eigenvalue weighted by molar-refractivity contribution is 6.45. The first-order valence-electron chi connectivity index (χ1n) is 10.5. The van der Waals surface area contributed by atoms with E-state index in [-0.39, 0.29) is 18.4 Å². The van der Waals surface area contributed by atoms with Gasteiger partial charge in [-0.1, -0.05) is 35.9 Å². The summed E-state index contributed by atoms with van der Waals surface area (Å²) < 4.78 is 5.51. The Morgan fingerprint density at radius 1 is 0.935 bits per heavy atom. The van der Waals surface area contributed by atoms with E-state index in [2.05, 4.69) is 4.90 Å². The molecule has 4 rings (SSSR count). The number of rotatable bonds is 6. The number of hydrogen-bond donors (Lipinski definition) is 1. The van der Waals surface area contributed by atoms with E-state index in [1.165, 1.54) is 4.90 Å². The van der Waals surface area contributed by atoms with Crippen LogP contribution in [-0.4, -0.2) is 73.2 Å². The van der Waals surface area contributed by atoms with Crippen LogP contribution in [0.2, 0.25) is 0 Å². The zero-order valence-corrected chi connectivity index (χ0v) is 17.9. The molecule has 7 heteroatoms. The van der Waals surface area contributed by atoms with Gasteiger partial charge in [0, 0.05) is 38.3 Å². The van der Waals surface area contributed by atoms with Crippen LogP contribution in [-0.2, 0) is 9.59 Å². The summed E-state index contributed by atoms with van der Waals surface area (Å²) in [6.45, 7) is 5.32. The van der Waals surface area contributed by atoms with Crippen LogP contribution in [0.15, 0.2) is 54.2 Å². The topological polar surface area (TPSA) is 73.3 Å². The van der Waals surface area contributed by atoms with E-state index < -0.39 is 0 Å². The van der Waals surface area contributed by atoms with Crippen molar-refractivity contribution in [3.8, 4) is 5.75 Å². The predicted octanol–water partition coefficient (Wildman–Crippen LogP) is 1.90. The third-order valence-corrected chi connectivity index (χ3v) is 5.83. The molecule has 0 saturated carbocycles. The summed E-state index contributed by atoms with van der Waals surface area (Å²) in [6, 6.07) is 14.7. The number of piperazine rings is 1. The third-order valence-electron chi connectivity index (χ3n) is 5.83. The quantitative estimate of drug-likeness (QED) is 0.719.